The highest BCUT2D eigenvalue weighted by Crippen LogP contribution is 2.38. The number of carbonyl (C=O) groups excluding carboxylic acids is 3. The average molecular weight is 460 g/mol. The van der Waals surface area contributed by atoms with E-state index in [1.54, 1.807) is 27.7 Å². The van der Waals surface area contributed by atoms with Crippen molar-refractivity contribution in [2.75, 3.05) is 19.0 Å². The molecule has 0 radical (unpaired) electrons. The first kappa shape index (κ1) is 23.8. The molecule has 0 bridgehead atoms. The molecule has 1 atom stereocenters. The van der Waals surface area contributed by atoms with Crippen molar-refractivity contribution in [1.82, 2.24) is 5.32 Å². The van der Waals surface area contributed by atoms with Crippen LogP contribution in [0.5, 0.6) is 0 Å². The second-order valence-corrected chi connectivity index (χ2v) is 9.14. The first-order valence-electron chi connectivity index (χ1n) is 7.96. The number of esters is 2. The van der Waals surface area contributed by atoms with Crippen LogP contribution >= 0.6 is 46.1 Å². The molecule has 2 N–H and O–H groups in total. The fourth-order valence-corrected chi connectivity index (χ4v) is 3.44. The molecular weight excluding hydrogens is 439 g/mol. The van der Waals surface area contributed by atoms with Gasteiger partial charge < -0.3 is 20.1 Å². The fraction of sp³-hybridized carbons (Fsp3) is 0.562. The Labute approximate surface area is 176 Å². The van der Waals surface area contributed by atoms with E-state index in [4.69, 9.17) is 44.3 Å². The molecule has 0 fully saturated rings. The van der Waals surface area contributed by atoms with Crippen molar-refractivity contribution in [3.8, 4) is 0 Å². The lowest BCUT2D eigenvalue weighted by Crippen LogP contribution is -2.50. The van der Waals surface area contributed by atoms with Gasteiger partial charge in [-0.3, -0.25) is 4.79 Å². The van der Waals surface area contributed by atoms with Crippen molar-refractivity contribution in [1.29, 1.82) is 0 Å². The van der Waals surface area contributed by atoms with Gasteiger partial charge in [0.25, 0.3) is 0 Å². The van der Waals surface area contributed by atoms with Gasteiger partial charge in [0.1, 0.15) is 16.0 Å². The Morgan fingerprint density at radius 2 is 1.78 bits per heavy atom. The molecule has 0 aliphatic heterocycles. The van der Waals surface area contributed by atoms with Gasteiger partial charge in [-0.15, -0.1) is 11.3 Å². The SMILES string of the molecule is CCOC(=O)c1sc(N[C@H](NC(=O)C(C)C)C(Cl)(Cl)Cl)c(C(=O)OC)c1C. The topological polar surface area (TPSA) is 93.7 Å². The maximum absolute atomic E-state index is 12.2. The second kappa shape index (κ2) is 9.82. The molecule has 0 saturated heterocycles. The van der Waals surface area contributed by atoms with E-state index in [0.717, 1.165) is 11.3 Å². The van der Waals surface area contributed by atoms with Crippen LogP contribution in [0.1, 0.15) is 46.4 Å². The minimum Gasteiger partial charge on any atom is -0.465 e. The first-order valence-corrected chi connectivity index (χ1v) is 9.91. The van der Waals surface area contributed by atoms with Gasteiger partial charge in [0.15, 0.2) is 0 Å². The molecule has 0 aliphatic rings. The van der Waals surface area contributed by atoms with Crippen LogP contribution in [0.2, 0.25) is 0 Å². The summed E-state index contributed by atoms with van der Waals surface area (Å²) in [5.41, 5.74) is 0.467. The summed E-state index contributed by atoms with van der Waals surface area (Å²) in [6, 6.07) is 0. The highest BCUT2D eigenvalue weighted by atomic mass is 35.6. The van der Waals surface area contributed by atoms with E-state index in [0.29, 0.717) is 5.56 Å². The Hall–Kier alpha value is -1.22. The van der Waals surface area contributed by atoms with E-state index in [1.807, 2.05) is 0 Å². The molecule has 1 aromatic rings. The summed E-state index contributed by atoms with van der Waals surface area (Å²) < 4.78 is 7.86. The van der Waals surface area contributed by atoms with Gasteiger partial charge in [-0.05, 0) is 19.4 Å². The van der Waals surface area contributed by atoms with Crippen LogP contribution in [-0.2, 0) is 14.3 Å². The number of amides is 1. The van der Waals surface area contributed by atoms with Gasteiger partial charge in [0.2, 0.25) is 9.70 Å². The van der Waals surface area contributed by atoms with Crippen LogP contribution in [-0.4, -0.2) is 41.5 Å². The van der Waals surface area contributed by atoms with Gasteiger partial charge >= 0.3 is 11.9 Å². The molecule has 0 saturated carbocycles. The number of anilines is 1. The van der Waals surface area contributed by atoms with Crippen molar-refractivity contribution >= 4 is 69.0 Å². The zero-order valence-corrected chi connectivity index (χ0v) is 18.5. The molecule has 152 valence electrons. The van der Waals surface area contributed by atoms with Crippen molar-refractivity contribution in [3.63, 3.8) is 0 Å². The lowest BCUT2D eigenvalue weighted by Gasteiger charge is -2.27. The monoisotopic (exact) mass is 458 g/mol. The van der Waals surface area contributed by atoms with Crippen LogP contribution in [0.15, 0.2) is 0 Å². The molecule has 1 amide bonds. The summed E-state index contributed by atoms with van der Waals surface area (Å²) in [4.78, 5) is 36.6. The van der Waals surface area contributed by atoms with Crippen LogP contribution in [0.4, 0.5) is 5.00 Å². The average Bonchev–Trinajstić information content (AvgIpc) is 2.89. The minimum atomic E-state index is -1.93. The Morgan fingerprint density at radius 3 is 2.22 bits per heavy atom. The summed E-state index contributed by atoms with van der Waals surface area (Å²) in [6.07, 6.45) is -1.16. The molecule has 0 aromatic carbocycles. The number of hydrogen-bond acceptors (Lipinski definition) is 7. The maximum atomic E-state index is 12.2. The summed E-state index contributed by atoms with van der Waals surface area (Å²) in [7, 11) is 1.21. The molecule has 1 rings (SSSR count). The van der Waals surface area contributed by atoms with Gasteiger partial charge in [-0.25, -0.2) is 9.59 Å². The van der Waals surface area contributed by atoms with E-state index in [9.17, 15) is 14.4 Å². The van der Waals surface area contributed by atoms with Crippen LogP contribution in [0, 0.1) is 12.8 Å². The summed E-state index contributed by atoms with van der Waals surface area (Å²) >= 11 is 18.9. The van der Waals surface area contributed by atoms with Crippen LogP contribution in [0.25, 0.3) is 0 Å². The molecule has 0 spiro atoms. The van der Waals surface area contributed by atoms with Crippen LogP contribution in [0.3, 0.4) is 0 Å². The summed E-state index contributed by atoms with van der Waals surface area (Å²) in [6.45, 7) is 6.78. The smallest absolute Gasteiger partial charge is 0.348 e. The number of rotatable bonds is 7. The standard InChI is InChI=1S/C16H21Cl3N2O5S/c1-6-26-14(24)10-8(4)9(13(23)25-5)12(27-10)21-15(16(17,18)19)20-11(22)7(2)3/h7,15,21H,6H2,1-5H3,(H,20,22)/t15-/m0/s1. The Morgan fingerprint density at radius 1 is 1.19 bits per heavy atom. The third kappa shape index (κ3) is 6.14. The van der Waals surface area contributed by atoms with Gasteiger partial charge in [-0.1, -0.05) is 48.7 Å². The summed E-state index contributed by atoms with van der Waals surface area (Å²) in [5, 5.41) is 5.60. The molecule has 1 heterocycles. The van der Waals surface area contributed by atoms with Gasteiger partial charge in [0, 0.05) is 5.92 Å². The zero-order chi connectivity index (χ0) is 20.9. The van der Waals surface area contributed by atoms with E-state index in [-0.39, 0.29) is 33.9 Å². The Balaban J connectivity index is 3.35. The molecule has 0 aliphatic carbocycles. The number of hydrogen-bond donors (Lipinski definition) is 2. The zero-order valence-electron chi connectivity index (χ0n) is 15.4. The number of nitrogens with one attached hydrogen (secondary N) is 2. The number of alkyl halides is 3. The Kier molecular flexibility index (Phi) is 8.66. The highest BCUT2D eigenvalue weighted by Gasteiger charge is 2.37. The number of methoxy groups -OCH3 is 1. The van der Waals surface area contributed by atoms with Gasteiger partial charge in [0.05, 0.1) is 19.3 Å². The third-order valence-corrected chi connectivity index (χ3v) is 5.27. The van der Waals surface area contributed by atoms with Crippen molar-refractivity contribution in [3.05, 3.63) is 16.0 Å². The first-order chi connectivity index (χ1) is 12.4. The second-order valence-electron chi connectivity index (χ2n) is 5.75. The summed E-state index contributed by atoms with van der Waals surface area (Å²) in [5.74, 6) is -1.99. The Bertz CT molecular complexity index is 716. The van der Waals surface area contributed by atoms with E-state index >= 15 is 0 Å². The van der Waals surface area contributed by atoms with Crippen molar-refractivity contribution in [2.45, 2.75) is 37.7 Å². The molecule has 1 aromatic heterocycles. The quantitative estimate of drug-likeness (QED) is 0.365. The van der Waals surface area contributed by atoms with Crippen molar-refractivity contribution < 1.29 is 23.9 Å². The highest BCUT2D eigenvalue weighted by molar-refractivity contribution is 7.18. The minimum absolute atomic E-state index is 0.101. The number of halogens is 3. The number of thiophene rings is 1. The lowest BCUT2D eigenvalue weighted by molar-refractivity contribution is -0.124. The number of ether oxygens (including phenoxy) is 2. The predicted molar refractivity (Wildman–Crippen MR) is 107 cm³/mol. The molecule has 0 unspecified atom stereocenters. The normalized spacial score (nSPS) is 12.5. The molecular formula is C16H21Cl3N2O5S. The fourth-order valence-electron chi connectivity index (χ4n) is 1.99. The van der Waals surface area contributed by atoms with Crippen molar-refractivity contribution in [2.24, 2.45) is 5.92 Å². The molecule has 11 heteroatoms. The predicted octanol–water partition coefficient (Wildman–Crippen LogP) is 3.90. The molecule has 7 nitrogen and oxygen atoms in total. The van der Waals surface area contributed by atoms with Crippen LogP contribution < -0.4 is 10.6 Å². The van der Waals surface area contributed by atoms with E-state index in [1.165, 1.54) is 7.11 Å². The van der Waals surface area contributed by atoms with E-state index < -0.39 is 21.9 Å². The number of carbonyl (C=O) groups is 3. The lowest BCUT2D eigenvalue weighted by atomic mass is 10.1. The largest absolute Gasteiger partial charge is 0.465 e. The third-order valence-electron chi connectivity index (χ3n) is 3.41. The molecule has 27 heavy (non-hydrogen) atoms. The van der Waals surface area contributed by atoms with Gasteiger partial charge in [-0.2, -0.15) is 0 Å². The van der Waals surface area contributed by atoms with E-state index in [2.05, 4.69) is 10.6 Å². The maximum Gasteiger partial charge on any atom is 0.348 e.